The summed E-state index contributed by atoms with van der Waals surface area (Å²) in [6.45, 7) is 2.06. The number of hydrogen-bond acceptors (Lipinski definition) is 4. The van der Waals surface area contributed by atoms with Crippen molar-refractivity contribution in [2.45, 2.75) is 17.8 Å². The van der Waals surface area contributed by atoms with Crippen LogP contribution in [0.1, 0.15) is 16.7 Å². The molecule has 4 aromatic rings. The van der Waals surface area contributed by atoms with E-state index >= 15 is 0 Å². The molecule has 0 N–H and O–H groups in total. The Hall–Kier alpha value is -3.07. The van der Waals surface area contributed by atoms with Crippen LogP contribution in [-0.2, 0) is 5.75 Å². The maximum absolute atomic E-state index is 9.35. The van der Waals surface area contributed by atoms with Gasteiger partial charge in [-0.15, -0.1) is 10.2 Å². The third kappa shape index (κ3) is 4.19. The Balaban J connectivity index is 1.76. The predicted molar refractivity (Wildman–Crippen MR) is 117 cm³/mol. The zero-order chi connectivity index (χ0) is 20.2. The van der Waals surface area contributed by atoms with Crippen LogP contribution in [0.5, 0.6) is 0 Å². The molecule has 0 saturated carbocycles. The Bertz CT molecular complexity index is 1190. The van der Waals surface area contributed by atoms with Crippen LogP contribution < -0.4 is 0 Å². The number of benzene rings is 3. The highest BCUT2D eigenvalue weighted by Crippen LogP contribution is 2.31. The molecule has 0 bridgehead atoms. The largest absolute Gasteiger partial charge is 0.270 e. The molecule has 4 rings (SSSR count). The molecule has 0 aliphatic heterocycles. The van der Waals surface area contributed by atoms with Crippen LogP contribution in [0.2, 0.25) is 5.02 Å². The highest BCUT2D eigenvalue weighted by molar-refractivity contribution is 7.98. The van der Waals surface area contributed by atoms with Gasteiger partial charge in [0.05, 0.1) is 11.6 Å². The second kappa shape index (κ2) is 8.52. The molecular formula is C23H17ClN4S. The maximum atomic E-state index is 9.35. The van der Waals surface area contributed by atoms with Gasteiger partial charge in [-0.2, -0.15) is 5.26 Å². The number of aromatic nitrogens is 3. The summed E-state index contributed by atoms with van der Waals surface area (Å²) in [4.78, 5) is 0. The molecule has 1 aromatic heterocycles. The number of aryl methyl sites for hydroxylation is 1. The number of thioether (sulfide) groups is 1. The molecule has 3 aromatic carbocycles. The van der Waals surface area contributed by atoms with Crippen molar-refractivity contribution >= 4 is 23.4 Å². The number of hydrogen-bond donors (Lipinski definition) is 0. The molecule has 1 heterocycles. The molecule has 0 fully saturated rings. The Kier molecular flexibility index (Phi) is 5.66. The van der Waals surface area contributed by atoms with Gasteiger partial charge < -0.3 is 0 Å². The van der Waals surface area contributed by atoms with Gasteiger partial charge in [0, 0.05) is 22.0 Å². The molecule has 0 radical (unpaired) electrons. The lowest BCUT2D eigenvalue weighted by atomic mass is 10.1. The highest BCUT2D eigenvalue weighted by Gasteiger charge is 2.17. The Morgan fingerprint density at radius 3 is 2.55 bits per heavy atom. The third-order valence-corrected chi connectivity index (χ3v) is 5.72. The quantitative estimate of drug-likeness (QED) is 0.371. The fourth-order valence-electron chi connectivity index (χ4n) is 3.05. The topological polar surface area (TPSA) is 54.5 Å². The van der Waals surface area contributed by atoms with Crippen molar-refractivity contribution in [1.29, 1.82) is 5.26 Å². The van der Waals surface area contributed by atoms with Crippen LogP contribution in [0.25, 0.3) is 17.1 Å². The molecule has 29 heavy (non-hydrogen) atoms. The molecule has 0 spiro atoms. The van der Waals surface area contributed by atoms with E-state index < -0.39 is 0 Å². The van der Waals surface area contributed by atoms with Gasteiger partial charge in [-0.3, -0.25) is 4.57 Å². The number of rotatable bonds is 5. The molecule has 0 unspecified atom stereocenters. The van der Waals surface area contributed by atoms with Crippen molar-refractivity contribution in [2.75, 3.05) is 0 Å². The van der Waals surface area contributed by atoms with E-state index in [0.29, 0.717) is 16.3 Å². The minimum absolute atomic E-state index is 0.633. The first kappa shape index (κ1) is 19.3. The lowest BCUT2D eigenvalue weighted by Gasteiger charge is -2.11. The van der Waals surface area contributed by atoms with Gasteiger partial charge in [0.2, 0.25) is 0 Å². The SMILES string of the molecule is Cc1cccc(-n2c(SCc3ccccc3C#N)nnc2-c2ccc(Cl)cc2)c1. The van der Waals surface area contributed by atoms with Crippen LogP contribution in [0.4, 0.5) is 0 Å². The fourth-order valence-corrected chi connectivity index (χ4v) is 4.13. The lowest BCUT2D eigenvalue weighted by Crippen LogP contribution is -2.00. The number of halogens is 1. The van der Waals surface area contributed by atoms with Gasteiger partial charge in [0.1, 0.15) is 0 Å². The summed E-state index contributed by atoms with van der Waals surface area (Å²) in [5.41, 5.74) is 4.75. The minimum atomic E-state index is 0.633. The Labute approximate surface area is 178 Å². The van der Waals surface area contributed by atoms with Crippen LogP contribution in [0, 0.1) is 18.3 Å². The molecule has 0 saturated heterocycles. The monoisotopic (exact) mass is 416 g/mol. The third-order valence-electron chi connectivity index (χ3n) is 4.49. The summed E-state index contributed by atoms with van der Waals surface area (Å²) in [7, 11) is 0. The standard InChI is InChI=1S/C23H17ClN4S/c1-16-5-4-8-21(13-16)28-22(17-9-11-20(24)12-10-17)26-27-23(28)29-15-19-7-3-2-6-18(19)14-25/h2-13H,15H2,1H3. The van der Waals surface area contributed by atoms with Crippen LogP contribution in [0.3, 0.4) is 0 Å². The summed E-state index contributed by atoms with van der Waals surface area (Å²) in [5, 5.41) is 19.7. The van der Waals surface area contributed by atoms with Crippen LogP contribution in [0.15, 0.2) is 78.0 Å². The molecule has 0 amide bonds. The predicted octanol–water partition coefficient (Wildman–Crippen LogP) is 6.06. The van der Waals surface area contributed by atoms with E-state index in [1.54, 1.807) is 11.8 Å². The summed E-state index contributed by atoms with van der Waals surface area (Å²) in [5.74, 6) is 1.39. The average molecular weight is 417 g/mol. The molecule has 0 aliphatic rings. The summed E-state index contributed by atoms with van der Waals surface area (Å²) in [6.07, 6.45) is 0. The average Bonchev–Trinajstić information content (AvgIpc) is 3.17. The summed E-state index contributed by atoms with van der Waals surface area (Å²) < 4.78 is 2.05. The van der Waals surface area contributed by atoms with Crippen LogP contribution in [-0.4, -0.2) is 14.8 Å². The molecule has 0 atom stereocenters. The first-order valence-corrected chi connectivity index (χ1v) is 10.4. The van der Waals surface area contributed by atoms with E-state index in [1.165, 1.54) is 0 Å². The molecule has 142 valence electrons. The second-order valence-corrected chi connectivity index (χ2v) is 7.92. The number of nitrogens with zero attached hydrogens (tertiary/aromatic N) is 4. The van der Waals surface area contributed by atoms with Crippen molar-refractivity contribution in [3.63, 3.8) is 0 Å². The van der Waals surface area contributed by atoms with Crippen LogP contribution >= 0.6 is 23.4 Å². The van der Waals surface area contributed by atoms with Gasteiger partial charge in [-0.05, 0) is 60.5 Å². The van der Waals surface area contributed by atoms with Gasteiger partial charge >= 0.3 is 0 Å². The summed E-state index contributed by atoms with van der Waals surface area (Å²) >= 11 is 7.62. The second-order valence-electron chi connectivity index (χ2n) is 6.55. The fraction of sp³-hybridized carbons (Fsp3) is 0.0870. The smallest absolute Gasteiger partial charge is 0.196 e. The van der Waals surface area contributed by atoms with E-state index in [1.807, 2.05) is 60.7 Å². The van der Waals surface area contributed by atoms with Crippen molar-refractivity contribution in [3.05, 3.63) is 94.5 Å². The zero-order valence-electron chi connectivity index (χ0n) is 15.7. The van der Waals surface area contributed by atoms with E-state index in [4.69, 9.17) is 11.6 Å². The van der Waals surface area contributed by atoms with Gasteiger partial charge in [-0.1, -0.05) is 53.7 Å². The highest BCUT2D eigenvalue weighted by atomic mass is 35.5. The lowest BCUT2D eigenvalue weighted by molar-refractivity contribution is 0.885. The van der Waals surface area contributed by atoms with E-state index in [-0.39, 0.29) is 0 Å². The molecule has 6 heteroatoms. The van der Waals surface area contributed by atoms with Crippen molar-refractivity contribution in [1.82, 2.24) is 14.8 Å². The normalized spacial score (nSPS) is 10.7. The first-order valence-electron chi connectivity index (χ1n) is 9.05. The number of nitriles is 1. The molecule has 0 aliphatic carbocycles. The van der Waals surface area contributed by atoms with E-state index in [2.05, 4.69) is 39.9 Å². The molecular weight excluding hydrogens is 400 g/mol. The Morgan fingerprint density at radius 1 is 1.00 bits per heavy atom. The van der Waals surface area contributed by atoms with E-state index in [9.17, 15) is 5.26 Å². The maximum Gasteiger partial charge on any atom is 0.196 e. The van der Waals surface area contributed by atoms with Crippen molar-refractivity contribution in [2.24, 2.45) is 0 Å². The zero-order valence-corrected chi connectivity index (χ0v) is 17.3. The van der Waals surface area contributed by atoms with Crippen molar-refractivity contribution in [3.8, 4) is 23.1 Å². The molecule has 4 nitrogen and oxygen atoms in total. The van der Waals surface area contributed by atoms with E-state index in [0.717, 1.165) is 33.4 Å². The van der Waals surface area contributed by atoms with Crippen molar-refractivity contribution < 1.29 is 0 Å². The van der Waals surface area contributed by atoms with Gasteiger partial charge in [0.15, 0.2) is 11.0 Å². The minimum Gasteiger partial charge on any atom is -0.270 e. The first-order chi connectivity index (χ1) is 14.2. The summed E-state index contributed by atoms with van der Waals surface area (Å²) in [6, 6.07) is 25.7. The van der Waals surface area contributed by atoms with Gasteiger partial charge in [-0.25, -0.2) is 0 Å². The van der Waals surface area contributed by atoms with Gasteiger partial charge in [0.25, 0.3) is 0 Å². The Morgan fingerprint density at radius 2 is 1.79 bits per heavy atom.